The number of amides is 2. The first-order valence-electron chi connectivity index (χ1n) is 8.10. The number of para-hydroxylation sites is 1. The van der Waals surface area contributed by atoms with Gasteiger partial charge in [-0.3, -0.25) is 4.79 Å². The Kier molecular flexibility index (Phi) is 6.43. The number of benzene rings is 1. The van der Waals surface area contributed by atoms with Crippen LogP contribution in [0.2, 0.25) is 0 Å². The average molecular weight is 330 g/mol. The molecule has 0 bridgehead atoms. The van der Waals surface area contributed by atoms with Crippen LogP contribution in [0, 0.1) is 11.3 Å². The Morgan fingerprint density at radius 1 is 1.21 bits per heavy atom. The van der Waals surface area contributed by atoms with E-state index in [1.807, 2.05) is 18.2 Å². The summed E-state index contributed by atoms with van der Waals surface area (Å²) in [6, 6.07) is 9.54. The summed E-state index contributed by atoms with van der Waals surface area (Å²) >= 11 is 0. The Hall–Kier alpha value is -2.75. The second-order valence-corrected chi connectivity index (χ2v) is 5.69. The van der Waals surface area contributed by atoms with E-state index in [0.717, 1.165) is 18.7 Å². The van der Waals surface area contributed by atoms with Gasteiger partial charge in [0.25, 0.3) is 0 Å². The minimum atomic E-state index is -0.856. The third-order valence-corrected chi connectivity index (χ3v) is 3.99. The molecule has 2 amide bonds. The molecule has 1 aromatic rings. The number of carbonyl (C=O) groups excluding carboxylic acids is 1. The van der Waals surface area contributed by atoms with Crippen molar-refractivity contribution >= 4 is 17.7 Å². The quantitative estimate of drug-likeness (QED) is 0.800. The number of hydrogen-bond donors (Lipinski definition) is 2. The van der Waals surface area contributed by atoms with Crippen molar-refractivity contribution in [3.63, 3.8) is 0 Å². The van der Waals surface area contributed by atoms with Gasteiger partial charge in [0.15, 0.2) is 0 Å². The van der Waals surface area contributed by atoms with Crippen LogP contribution in [-0.2, 0) is 4.79 Å². The number of carboxylic acids is 1. The molecule has 2 N–H and O–H groups in total. The molecule has 7 nitrogen and oxygen atoms in total. The maximum atomic E-state index is 12.2. The van der Waals surface area contributed by atoms with Crippen LogP contribution in [0.5, 0.6) is 0 Å². The normalized spacial score (nSPS) is 14.6. The number of urea groups is 1. The molecular formula is C17H22N4O3. The SMILES string of the molecule is N#Cc1ccccc1N1CCCN(C(=O)NCCCC(=O)O)CC1. The van der Waals surface area contributed by atoms with Gasteiger partial charge < -0.3 is 20.2 Å². The predicted octanol–water partition coefficient (Wildman–Crippen LogP) is 1.64. The Balaban J connectivity index is 1.87. The molecule has 0 saturated carbocycles. The zero-order valence-corrected chi connectivity index (χ0v) is 13.6. The van der Waals surface area contributed by atoms with Gasteiger partial charge in [0, 0.05) is 39.1 Å². The van der Waals surface area contributed by atoms with Gasteiger partial charge in [-0.05, 0) is 25.0 Å². The summed E-state index contributed by atoms with van der Waals surface area (Å²) < 4.78 is 0. The zero-order chi connectivity index (χ0) is 17.4. The number of aliphatic carboxylic acids is 1. The van der Waals surface area contributed by atoms with Crippen molar-refractivity contribution in [2.75, 3.05) is 37.6 Å². The highest BCUT2D eigenvalue weighted by Gasteiger charge is 2.20. The predicted molar refractivity (Wildman–Crippen MR) is 89.8 cm³/mol. The summed E-state index contributed by atoms with van der Waals surface area (Å²) in [6.07, 6.45) is 1.30. The van der Waals surface area contributed by atoms with Gasteiger partial charge in [0.1, 0.15) is 6.07 Å². The Bertz CT molecular complexity index is 627. The van der Waals surface area contributed by atoms with Gasteiger partial charge in [-0.1, -0.05) is 12.1 Å². The number of carbonyl (C=O) groups is 2. The first-order chi connectivity index (χ1) is 11.6. The summed E-state index contributed by atoms with van der Waals surface area (Å²) in [4.78, 5) is 26.5. The lowest BCUT2D eigenvalue weighted by molar-refractivity contribution is -0.137. The van der Waals surface area contributed by atoms with E-state index in [-0.39, 0.29) is 12.5 Å². The topological polar surface area (TPSA) is 96.7 Å². The van der Waals surface area contributed by atoms with Gasteiger partial charge in [-0.25, -0.2) is 4.79 Å². The minimum Gasteiger partial charge on any atom is -0.481 e. The molecule has 128 valence electrons. The molecule has 0 unspecified atom stereocenters. The number of rotatable bonds is 5. The van der Waals surface area contributed by atoms with Crippen LogP contribution >= 0.6 is 0 Å². The smallest absolute Gasteiger partial charge is 0.317 e. The van der Waals surface area contributed by atoms with Crippen molar-refractivity contribution in [1.29, 1.82) is 5.26 Å². The number of carboxylic acid groups (broad SMARTS) is 1. The molecule has 0 spiro atoms. The van der Waals surface area contributed by atoms with Crippen LogP contribution in [-0.4, -0.2) is 54.7 Å². The summed E-state index contributed by atoms with van der Waals surface area (Å²) in [5, 5.41) is 20.6. The van der Waals surface area contributed by atoms with E-state index in [1.165, 1.54) is 0 Å². The maximum absolute atomic E-state index is 12.2. The van der Waals surface area contributed by atoms with E-state index < -0.39 is 5.97 Å². The monoisotopic (exact) mass is 330 g/mol. The van der Waals surface area contributed by atoms with E-state index in [1.54, 1.807) is 11.0 Å². The number of nitriles is 1. The lowest BCUT2D eigenvalue weighted by Crippen LogP contribution is -2.42. The summed E-state index contributed by atoms with van der Waals surface area (Å²) in [5.41, 5.74) is 1.55. The zero-order valence-electron chi connectivity index (χ0n) is 13.6. The highest BCUT2D eigenvalue weighted by molar-refractivity contribution is 5.74. The summed E-state index contributed by atoms with van der Waals surface area (Å²) in [6.45, 7) is 3.05. The maximum Gasteiger partial charge on any atom is 0.317 e. The van der Waals surface area contributed by atoms with E-state index in [9.17, 15) is 14.9 Å². The van der Waals surface area contributed by atoms with Gasteiger partial charge in [0.05, 0.1) is 11.3 Å². The molecule has 0 aliphatic carbocycles. The van der Waals surface area contributed by atoms with Crippen LogP contribution in [0.15, 0.2) is 24.3 Å². The molecule has 1 heterocycles. The summed E-state index contributed by atoms with van der Waals surface area (Å²) in [7, 11) is 0. The molecule has 1 aliphatic heterocycles. The highest BCUT2D eigenvalue weighted by Crippen LogP contribution is 2.21. The number of hydrogen-bond acceptors (Lipinski definition) is 4. The second-order valence-electron chi connectivity index (χ2n) is 5.69. The van der Waals surface area contributed by atoms with Crippen molar-refractivity contribution in [3.8, 4) is 6.07 Å². The van der Waals surface area contributed by atoms with Crippen LogP contribution in [0.25, 0.3) is 0 Å². The van der Waals surface area contributed by atoms with Crippen molar-refractivity contribution in [2.24, 2.45) is 0 Å². The van der Waals surface area contributed by atoms with Gasteiger partial charge in [-0.2, -0.15) is 5.26 Å². The van der Waals surface area contributed by atoms with Gasteiger partial charge in [-0.15, -0.1) is 0 Å². The van der Waals surface area contributed by atoms with Crippen molar-refractivity contribution in [3.05, 3.63) is 29.8 Å². The third-order valence-electron chi connectivity index (χ3n) is 3.99. The molecule has 24 heavy (non-hydrogen) atoms. The highest BCUT2D eigenvalue weighted by atomic mass is 16.4. The largest absolute Gasteiger partial charge is 0.481 e. The molecule has 7 heteroatoms. The van der Waals surface area contributed by atoms with Crippen molar-refractivity contribution < 1.29 is 14.7 Å². The Labute approximate surface area is 141 Å². The van der Waals surface area contributed by atoms with Crippen LogP contribution in [0.4, 0.5) is 10.5 Å². The minimum absolute atomic E-state index is 0.0546. The van der Waals surface area contributed by atoms with Crippen LogP contribution < -0.4 is 10.2 Å². The van der Waals surface area contributed by atoms with E-state index in [2.05, 4.69) is 16.3 Å². The lowest BCUT2D eigenvalue weighted by Gasteiger charge is -2.24. The Morgan fingerprint density at radius 3 is 2.75 bits per heavy atom. The lowest BCUT2D eigenvalue weighted by atomic mass is 10.1. The third kappa shape index (κ3) is 4.88. The van der Waals surface area contributed by atoms with Crippen molar-refractivity contribution in [1.82, 2.24) is 10.2 Å². The van der Waals surface area contributed by atoms with E-state index in [4.69, 9.17) is 5.11 Å². The molecule has 1 aliphatic rings. The first kappa shape index (κ1) is 17.6. The van der Waals surface area contributed by atoms with Gasteiger partial charge in [0.2, 0.25) is 0 Å². The number of nitrogens with zero attached hydrogens (tertiary/aromatic N) is 3. The fourth-order valence-corrected chi connectivity index (χ4v) is 2.75. The molecule has 2 rings (SSSR count). The van der Waals surface area contributed by atoms with Crippen molar-refractivity contribution in [2.45, 2.75) is 19.3 Å². The first-order valence-corrected chi connectivity index (χ1v) is 8.10. The Morgan fingerprint density at radius 2 is 2.00 bits per heavy atom. The molecule has 0 aromatic heterocycles. The average Bonchev–Trinajstić information content (AvgIpc) is 2.84. The van der Waals surface area contributed by atoms with Crippen LogP contribution in [0.3, 0.4) is 0 Å². The van der Waals surface area contributed by atoms with E-state index in [0.29, 0.717) is 38.2 Å². The summed E-state index contributed by atoms with van der Waals surface area (Å²) in [5.74, 6) is -0.856. The standard InChI is InChI=1S/C17H22N4O3/c18-13-14-5-1-2-6-15(14)20-9-4-10-21(12-11-20)17(24)19-8-3-7-16(22)23/h1-2,5-6H,3-4,7-12H2,(H,19,24)(H,22,23). The fourth-order valence-electron chi connectivity index (χ4n) is 2.75. The second kappa shape index (κ2) is 8.77. The number of anilines is 1. The fraction of sp³-hybridized carbons (Fsp3) is 0.471. The molecule has 1 fully saturated rings. The van der Waals surface area contributed by atoms with Crippen LogP contribution in [0.1, 0.15) is 24.8 Å². The molecular weight excluding hydrogens is 308 g/mol. The number of nitrogens with one attached hydrogen (secondary N) is 1. The molecule has 0 atom stereocenters. The van der Waals surface area contributed by atoms with E-state index >= 15 is 0 Å². The molecule has 1 saturated heterocycles. The molecule has 0 radical (unpaired) electrons. The molecule has 1 aromatic carbocycles. The van der Waals surface area contributed by atoms with Gasteiger partial charge >= 0.3 is 12.0 Å².